The minimum Gasteiger partial charge on any atom is -0.477 e. The second-order valence-electron chi connectivity index (χ2n) is 4.90. The van der Waals surface area contributed by atoms with Gasteiger partial charge in [-0.15, -0.1) is 0 Å². The number of halogens is 2. The predicted molar refractivity (Wildman–Crippen MR) is 74.7 cm³/mol. The third-order valence-corrected chi connectivity index (χ3v) is 3.45. The van der Waals surface area contributed by atoms with E-state index < -0.39 is 23.0 Å². The molecule has 0 unspecified atom stereocenters. The van der Waals surface area contributed by atoms with Crippen LogP contribution in [-0.4, -0.2) is 15.6 Å². The number of aryl methyl sites for hydroxylation is 1. The summed E-state index contributed by atoms with van der Waals surface area (Å²) in [7, 11) is 0. The highest BCUT2D eigenvalue weighted by Crippen LogP contribution is 2.21. The van der Waals surface area contributed by atoms with Crippen molar-refractivity contribution in [2.75, 3.05) is 0 Å². The Morgan fingerprint density at radius 3 is 2.57 bits per heavy atom. The molecule has 0 aliphatic heterocycles. The Balaban J connectivity index is 2.98. The Labute approximate surface area is 119 Å². The van der Waals surface area contributed by atoms with Crippen LogP contribution >= 0.6 is 0 Å². The number of unbranched alkanes of at least 4 members (excludes halogenated alkanes) is 1. The quantitative estimate of drug-likeness (QED) is 0.943. The van der Waals surface area contributed by atoms with Gasteiger partial charge in [-0.05, 0) is 19.4 Å². The second kappa shape index (κ2) is 5.63. The molecule has 2 rings (SSSR count). The lowest BCUT2D eigenvalue weighted by Crippen LogP contribution is -2.23. The van der Waals surface area contributed by atoms with Gasteiger partial charge in [0.05, 0.1) is 10.9 Å². The highest BCUT2D eigenvalue weighted by molar-refractivity contribution is 5.92. The Kier molecular flexibility index (Phi) is 4.06. The first-order valence-electron chi connectivity index (χ1n) is 6.64. The van der Waals surface area contributed by atoms with Crippen molar-refractivity contribution in [2.24, 2.45) is 0 Å². The number of benzene rings is 1. The number of hydrogen-bond donors (Lipinski definition) is 1. The molecule has 0 amide bonds. The zero-order valence-electron chi connectivity index (χ0n) is 11.7. The van der Waals surface area contributed by atoms with Crippen LogP contribution in [0.1, 0.15) is 35.8 Å². The number of rotatable bonds is 4. The largest absolute Gasteiger partial charge is 0.477 e. The molecule has 0 spiro atoms. The number of pyridine rings is 1. The number of carboxylic acids is 1. The van der Waals surface area contributed by atoms with Gasteiger partial charge >= 0.3 is 5.97 Å². The minimum absolute atomic E-state index is 0.0175. The third kappa shape index (κ3) is 2.53. The molecule has 0 atom stereocenters. The third-order valence-electron chi connectivity index (χ3n) is 3.45. The predicted octanol–water partition coefficient (Wildman–Crippen LogP) is 3.09. The fourth-order valence-corrected chi connectivity index (χ4v) is 2.45. The van der Waals surface area contributed by atoms with Crippen molar-refractivity contribution in [1.82, 2.24) is 4.57 Å². The molecule has 0 saturated carbocycles. The Bertz CT molecular complexity index is 781. The fourth-order valence-electron chi connectivity index (χ4n) is 2.45. The van der Waals surface area contributed by atoms with Crippen molar-refractivity contribution in [3.63, 3.8) is 0 Å². The molecule has 0 bridgehead atoms. The molecule has 112 valence electrons. The molecule has 0 aliphatic carbocycles. The van der Waals surface area contributed by atoms with Gasteiger partial charge in [0.15, 0.2) is 11.2 Å². The van der Waals surface area contributed by atoms with Gasteiger partial charge in [0.1, 0.15) is 11.5 Å². The fraction of sp³-hybridized carbons (Fsp3) is 0.333. The van der Waals surface area contributed by atoms with Crippen LogP contribution < -0.4 is 5.43 Å². The average molecular weight is 295 g/mol. The van der Waals surface area contributed by atoms with Gasteiger partial charge in [-0.1, -0.05) is 13.3 Å². The maximum Gasteiger partial charge on any atom is 0.352 e. The summed E-state index contributed by atoms with van der Waals surface area (Å²) in [5, 5.41) is 9.19. The Hall–Kier alpha value is -2.24. The van der Waals surface area contributed by atoms with Crippen LogP contribution in [0.25, 0.3) is 10.9 Å². The number of hydrogen-bond acceptors (Lipinski definition) is 2. The lowest BCUT2D eigenvalue weighted by Gasteiger charge is -2.17. The van der Waals surface area contributed by atoms with E-state index in [-0.39, 0.29) is 28.7 Å². The number of fused-ring (bicyclic) bond motifs is 1. The summed E-state index contributed by atoms with van der Waals surface area (Å²) in [4.78, 5) is 23.6. The molecule has 0 saturated heterocycles. The summed E-state index contributed by atoms with van der Waals surface area (Å²) < 4.78 is 28.7. The van der Waals surface area contributed by atoms with Gasteiger partial charge in [0.2, 0.25) is 0 Å². The number of carboxylic acid groups (broad SMARTS) is 1. The zero-order chi connectivity index (χ0) is 15.7. The van der Waals surface area contributed by atoms with Crippen LogP contribution in [-0.2, 0) is 6.54 Å². The molecule has 0 radical (unpaired) electrons. The lowest BCUT2D eigenvalue weighted by molar-refractivity contribution is 0.0683. The van der Waals surface area contributed by atoms with Gasteiger partial charge < -0.3 is 9.67 Å². The molecule has 0 aliphatic rings. The highest BCUT2D eigenvalue weighted by Gasteiger charge is 2.21. The van der Waals surface area contributed by atoms with E-state index >= 15 is 0 Å². The summed E-state index contributed by atoms with van der Waals surface area (Å²) in [5.74, 6) is -3.09. The topological polar surface area (TPSA) is 59.3 Å². The first-order chi connectivity index (χ1) is 9.88. The van der Waals surface area contributed by atoms with Crippen molar-refractivity contribution in [1.29, 1.82) is 0 Å². The van der Waals surface area contributed by atoms with Crippen LogP contribution in [0, 0.1) is 18.6 Å². The molecule has 1 aromatic heterocycles. The summed E-state index contributed by atoms with van der Waals surface area (Å²) >= 11 is 0. The van der Waals surface area contributed by atoms with Gasteiger partial charge in [-0.3, -0.25) is 4.79 Å². The smallest absolute Gasteiger partial charge is 0.352 e. The lowest BCUT2D eigenvalue weighted by atomic mass is 10.1. The molecule has 6 heteroatoms. The van der Waals surface area contributed by atoms with Crippen molar-refractivity contribution >= 4 is 16.9 Å². The summed E-state index contributed by atoms with van der Waals surface area (Å²) in [6.45, 7) is 3.52. The Morgan fingerprint density at radius 1 is 1.33 bits per heavy atom. The van der Waals surface area contributed by atoms with Gasteiger partial charge in [0, 0.05) is 18.2 Å². The molecule has 1 N–H and O–H groups in total. The van der Waals surface area contributed by atoms with Crippen LogP contribution in [0.5, 0.6) is 0 Å². The van der Waals surface area contributed by atoms with E-state index in [4.69, 9.17) is 0 Å². The van der Waals surface area contributed by atoms with E-state index in [9.17, 15) is 23.5 Å². The standard InChI is InChI=1S/C15H15F2NO3/c1-3-4-5-18-12(15(20)21)8(2)14(19)10-6-9(16)7-11(17)13(10)18/h6-7H,3-5H2,1-2H3,(H,20,21). The number of carbonyl (C=O) groups is 1. The van der Waals surface area contributed by atoms with Crippen molar-refractivity contribution < 1.29 is 18.7 Å². The van der Waals surface area contributed by atoms with Gasteiger partial charge in [-0.25, -0.2) is 13.6 Å². The van der Waals surface area contributed by atoms with Crippen LogP contribution in [0.2, 0.25) is 0 Å². The molecule has 2 aromatic rings. The zero-order valence-corrected chi connectivity index (χ0v) is 11.7. The average Bonchev–Trinajstić information content (AvgIpc) is 2.40. The molecule has 0 fully saturated rings. The van der Waals surface area contributed by atoms with Crippen LogP contribution in [0.4, 0.5) is 8.78 Å². The SMILES string of the molecule is CCCCn1c(C(=O)O)c(C)c(=O)c2cc(F)cc(F)c21. The van der Waals surface area contributed by atoms with E-state index in [1.165, 1.54) is 11.5 Å². The monoisotopic (exact) mass is 295 g/mol. The van der Waals surface area contributed by atoms with Crippen molar-refractivity contribution in [3.05, 3.63) is 45.2 Å². The molecular formula is C15H15F2NO3. The van der Waals surface area contributed by atoms with E-state index in [0.29, 0.717) is 12.5 Å². The number of aromatic carboxylic acids is 1. The molecule has 1 aromatic carbocycles. The molecule has 4 nitrogen and oxygen atoms in total. The van der Waals surface area contributed by atoms with Crippen molar-refractivity contribution in [2.45, 2.75) is 33.2 Å². The normalized spacial score (nSPS) is 11.0. The first kappa shape index (κ1) is 15.2. The van der Waals surface area contributed by atoms with Crippen LogP contribution in [0.15, 0.2) is 16.9 Å². The summed E-state index contributed by atoms with van der Waals surface area (Å²) in [5.41, 5.74) is -1.08. The summed E-state index contributed by atoms with van der Waals surface area (Å²) in [6, 6.07) is 1.60. The van der Waals surface area contributed by atoms with Gasteiger partial charge in [-0.2, -0.15) is 0 Å². The molecule has 21 heavy (non-hydrogen) atoms. The second-order valence-corrected chi connectivity index (χ2v) is 4.90. The van der Waals surface area contributed by atoms with E-state index in [1.807, 2.05) is 6.92 Å². The Morgan fingerprint density at radius 2 is 2.00 bits per heavy atom. The molecular weight excluding hydrogens is 280 g/mol. The number of nitrogens with zero attached hydrogens (tertiary/aromatic N) is 1. The van der Waals surface area contributed by atoms with E-state index in [1.54, 1.807) is 0 Å². The molecule has 1 heterocycles. The maximum absolute atomic E-state index is 14.1. The van der Waals surface area contributed by atoms with Crippen LogP contribution in [0.3, 0.4) is 0 Å². The summed E-state index contributed by atoms with van der Waals surface area (Å²) in [6.07, 6.45) is 1.39. The van der Waals surface area contributed by atoms with Gasteiger partial charge in [0.25, 0.3) is 0 Å². The van der Waals surface area contributed by atoms with E-state index in [0.717, 1.165) is 12.5 Å². The minimum atomic E-state index is -1.30. The van der Waals surface area contributed by atoms with Crippen molar-refractivity contribution in [3.8, 4) is 0 Å². The maximum atomic E-state index is 14.1. The first-order valence-corrected chi connectivity index (χ1v) is 6.64. The van der Waals surface area contributed by atoms with E-state index in [2.05, 4.69) is 0 Å². The highest BCUT2D eigenvalue weighted by atomic mass is 19.1. The number of aromatic nitrogens is 1.